The van der Waals surface area contributed by atoms with E-state index in [1.165, 1.54) is 47.8 Å². The van der Waals surface area contributed by atoms with Gasteiger partial charge in [0.25, 0.3) is 5.91 Å². The molecule has 1 heterocycles. The zero-order valence-electron chi connectivity index (χ0n) is 25.1. The summed E-state index contributed by atoms with van der Waals surface area (Å²) in [6.07, 6.45) is 1.00. The Hall–Kier alpha value is -3.44. The number of rotatable bonds is 11. The number of amides is 2. The zero-order chi connectivity index (χ0) is 33.8. The van der Waals surface area contributed by atoms with Gasteiger partial charge in [0.05, 0.1) is 28.4 Å². The van der Waals surface area contributed by atoms with Gasteiger partial charge in [-0.15, -0.1) is 0 Å². The molecule has 1 atom stereocenters. The van der Waals surface area contributed by atoms with Crippen LogP contribution in [0.2, 0.25) is 10.0 Å². The van der Waals surface area contributed by atoms with Crippen molar-refractivity contribution in [3.63, 3.8) is 0 Å². The zero-order valence-corrected chi connectivity index (χ0v) is 28.3. The predicted octanol–water partition coefficient (Wildman–Crippen LogP) is 2.05. The normalized spacial score (nSPS) is 14.9. The van der Waals surface area contributed by atoms with E-state index in [0.717, 1.165) is 16.2 Å². The number of hydrogen-bond acceptors (Lipinski definition) is 9. The first-order chi connectivity index (χ1) is 21.6. The summed E-state index contributed by atoms with van der Waals surface area (Å²) in [5.74, 6) is -1.13. The van der Waals surface area contributed by atoms with E-state index in [1.54, 1.807) is 24.3 Å². The summed E-state index contributed by atoms with van der Waals surface area (Å²) in [7, 11) is -6.24. The first-order valence-corrected chi connectivity index (χ1v) is 18.1. The minimum atomic E-state index is -3.83. The highest BCUT2D eigenvalue weighted by Gasteiger charge is 2.29. The fourth-order valence-corrected chi connectivity index (χ4v) is 7.18. The molecule has 0 aliphatic carbocycles. The molecule has 0 unspecified atom stereocenters. The molecule has 1 saturated heterocycles. The number of hydrogen-bond donors (Lipinski definition) is 4. The van der Waals surface area contributed by atoms with E-state index < -0.39 is 37.9 Å². The van der Waals surface area contributed by atoms with Crippen LogP contribution in [0.5, 0.6) is 0 Å². The largest absolute Gasteiger partial charge is 0.369 e. The molecule has 1 aliphatic rings. The molecule has 1 fully saturated rings. The standard InChI is InChI=1S/C29H35Cl2N7O6S2/c1-36(45(2,41)42)27-8-3-19(18-34-29(40)26(33)17-32)13-25(27)28(39)35-22-4-6-24(7-5-22)46(43,44)38-11-9-37(10-12-38)23-15-20(30)14-21(31)16-23/h3-8,13-16,26H,9-12,17-18,32-33H2,1-2H3,(H,34,40)(H,35,39)/t26-/m0/s1. The molecule has 0 aromatic heterocycles. The van der Waals surface area contributed by atoms with Gasteiger partial charge < -0.3 is 27.0 Å². The Morgan fingerprint density at radius 1 is 0.935 bits per heavy atom. The number of benzene rings is 3. The first-order valence-electron chi connectivity index (χ1n) is 14.0. The first kappa shape index (κ1) is 35.4. The molecule has 0 radical (unpaired) electrons. The molecule has 1 aliphatic heterocycles. The number of nitrogens with two attached hydrogens (primary N) is 2. The SMILES string of the molecule is CN(c1ccc(CNC(=O)[C@@H](N)CN)cc1C(=O)Nc1ccc(S(=O)(=O)N2CCN(c3cc(Cl)cc(Cl)c3)CC2)cc1)S(C)(=O)=O. The molecule has 6 N–H and O–H groups in total. The van der Waals surface area contributed by atoms with Crippen LogP contribution in [0.4, 0.5) is 17.1 Å². The molecule has 248 valence electrons. The maximum absolute atomic E-state index is 13.4. The number of nitrogens with one attached hydrogen (secondary N) is 2. The van der Waals surface area contributed by atoms with Crippen LogP contribution in [-0.2, 0) is 31.4 Å². The van der Waals surface area contributed by atoms with Crippen LogP contribution < -0.4 is 31.3 Å². The van der Waals surface area contributed by atoms with E-state index in [2.05, 4.69) is 10.6 Å². The van der Waals surface area contributed by atoms with E-state index >= 15 is 0 Å². The molecular formula is C29H35Cl2N7O6S2. The fraction of sp³-hybridized carbons (Fsp3) is 0.310. The van der Waals surface area contributed by atoms with Crippen molar-refractivity contribution in [3.8, 4) is 0 Å². The van der Waals surface area contributed by atoms with Gasteiger partial charge in [0, 0.05) is 67.7 Å². The van der Waals surface area contributed by atoms with Gasteiger partial charge in [-0.2, -0.15) is 4.31 Å². The topological polar surface area (TPSA) is 188 Å². The Bertz CT molecular complexity index is 1800. The third kappa shape index (κ3) is 8.47. The van der Waals surface area contributed by atoms with Gasteiger partial charge in [0.2, 0.25) is 26.0 Å². The second-order valence-corrected chi connectivity index (χ2v) is 15.5. The average molecular weight is 713 g/mol. The van der Waals surface area contributed by atoms with Crippen molar-refractivity contribution >= 4 is 72.1 Å². The summed E-state index contributed by atoms with van der Waals surface area (Å²) in [6, 6.07) is 14.5. The van der Waals surface area contributed by atoms with Crippen LogP contribution in [0.1, 0.15) is 15.9 Å². The van der Waals surface area contributed by atoms with Crippen LogP contribution in [0.25, 0.3) is 0 Å². The van der Waals surface area contributed by atoms with Gasteiger partial charge in [0.15, 0.2) is 0 Å². The quantitative estimate of drug-likeness (QED) is 0.231. The van der Waals surface area contributed by atoms with Gasteiger partial charge in [-0.05, 0) is 60.2 Å². The summed E-state index contributed by atoms with van der Waals surface area (Å²) in [5, 5.41) is 6.31. The van der Waals surface area contributed by atoms with E-state index in [1.807, 2.05) is 4.90 Å². The molecule has 0 spiro atoms. The monoisotopic (exact) mass is 711 g/mol. The summed E-state index contributed by atoms with van der Waals surface area (Å²) < 4.78 is 53.7. The highest BCUT2D eigenvalue weighted by Crippen LogP contribution is 2.28. The highest BCUT2D eigenvalue weighted by molar-refractivity contribution is 7.92. The predicted molar refractivity (Wildman–Crippen MR) is 180 cm³/mol. The lowest BCUT2D eigenvalue weighted by Gasteiger charge is -2.35. The van der Waals surface area contributed by atoms with E-state index in [0.29, 0.717) is 28.7 Å². The van der Waals surface area contributed by atoms with Gasteiger partial charge in [-0.25, -0.2) is 16.8 Å². The van der Waals surface area contributed by atoms with E-state index in [-0.39, 0.29) is 48.0 Å². The van der Waals surface area contributed by atoms with Gasteiger partial charge in [0.1, 0.15) is 0 Å². The number of anilines is 3. The number of sulfonamides is 2. The smallest absolute Gasteiger partial charge is 0.257 e. The van der Waals surface area contributed by atoms with Gasteiger partial charge in [-0.3, -0.25) is 13.9 Å². The van der Waals surface area contributed by atoms with Crippen molar-refractivity contribution < 1.29 is 26.4 Å². The summed E-state index contributed by atoms with van der Waals surface area (Å²) in [6.45, 7) is 1.35. The number of carbonyl (C=O) groups is 2. The van der Waals surface area contributed by atoms with E-state index in [9.17, 15) is 26.4 Å². The fourth-order valence-electron chi connectivity index (χ4n) is 4.72. The Labute approximate surface area is 278 Å². The highest BCUT2D eigenvalue weighted by atomic mass is 35.5. The summed E-state index contributed by atoms with van der Waals surface area (Å²) in [5.41, 5.74) is 12.8. The van der Waals surface area contributed by atoms with Crippen molar-refractivity contribution in [1.82, 2.24) is 9.62 Å². The Morgan fingerprint density at radius 3 is 2.11 bits per heavy atom. The Kier molecular flexibility index (Phi) is 11.2. The Balaban J connectivity index is 1.48. The van der Waals surface area contributed by atoms with Crippen molar-refractivity contribution in [3.05, 3.63) is 81.8 Å². The minimum Gasteiger partial charge on any atom is -0.369 e. The molecule has 13 nitrogen and oxygen atoms in total. The van der Waals surface area contributed by atoms with E-state index in [4.69, 9.17) is 34.7 Å². The number of piperazine rings is 1. The molecular weight excluding hydrogens is 677 g/mol. The van der Waals surface area contributed by atoms with Crippen LogP contribution in [-0.4, -0.2) is 85.0 Å². The van der Waals surface area contributed by atoms with Crippen molar-refractivity contribution in [2.45, 2.75) is 17.5 Å². The number of halogens is 2. The molecule has 2 amide bonds. The van der Waals surface area contributed by atoms with Crippen molar-refractivity contribution in [2.75, 3.05) is 60.5 Å². The number of carbonyl (C=O) groups excluding carboxylic acids is 2. The molecule has 3 aromatic rings. The number of nitrogens with zero attached hydrogens (tertiary/aromatic N) is 3. The second kappa shape index (κ2) is 14.5. The van der Waals surface area contributed by atoms with Crippen LogP contribution in [0, 0.1) is 0 Å². The molecule has 0 saturated carbocycles. The lowest BCUT2D eigenvalue weighted by Crippen LogP contribution is -2.48. The van der Waals surface area contributed by atoms with Crippen molar-refractivity contribution in [2.24, 2.45) is 11.5 Å². The van der Waals surface area contributed by atoms with Crippen molar-refractivity contribution in [1.29, 1.82) is 0 Å². The summed E-state index contributed by atoms with van der Waals surface area (Å²) in [4.78, 5) is 27.6. The maximum Gasteiger partial charge on any atom is 0.257 e. The lowest BCUT2D eigenvalue weighted by molar-refractivity contribution is -0.122. The molecule has 3 aromatic carbocycles. The molecule has 4 rings (SSSR count). The minimum absolute atomic E-state index is 0.0124. The maximum atomic E-state index is 13.4. The van der Waals surface area contributed by atoms with Crippen LogP contribution >= 0.6 is 23.2 Å². The lowest BCUT2D eigenvalue weighted by atomic mass is 10.1. The molecule has 17 heteroatoms. The van der Waals surface area contributed by atoms with Gasteiger partial charge in [-0.1, -0.05) is 29.3 Å². The molecule has 46 heavy (non-hydrogen) atoms. The van der Waals surface area contributed by atoms with Crippen LogP contribution in [0.3, 0.4) is 0 Å². The Morgan fingerprint density at radius 2 is 1.54 bits per heavy atom. The summed E-state index contributed by atoms with van der Waals surface area (Å²) >= 11 is 12.2. The molecule has 0 bridgehead atoms. The third-order valence-electron chi connectivity index (χ3n) is 7.40. The third-order valence-corrected chi connectivity index (χ3v) is 10.9. The van der Waals surface area contributed by atoms with Gasteiger partial charge >= 0.3 is 0 Å². The van der Waals surface area contributed by atoms with Crippen LogP contribution in [0.15, 0.2) is 65.6 Å². The second-order valence-electron chi connectivity index (χ2n) is 10.6. The average Bonchev–Trinajstić information content (AvgIpc) is 3.02.